The molecule has 1 aromatic heterocycles. The van der Waals surface area contributed by atoms with Crippen molar-refractivity contribution in [3.05, 3.63) is 102 Å². The molecule has 0 amide bonds. The lowest BCUT2D eigenvalue weighted by atomic mass is 9.78. The second-order valence-corrected chi connectivity index (χ2v) is 9.68. The van der Waals surface area contributed by atoms with Gasteiger partial charge in [-0.1, -0.05) is 66.2 Å². The van der Waals surface area contributed by atoms with Crippen LogP contribution in [-0.2, 0) is 26.7 Å². The zero-order chi connectivity index (χ0) is 21.4. The van der Waals surface area contributed by atoms with E-state index in [1.54, 1.807) is 36.5 Å². The quantitative estimate of drug-likeness (QED) is 0.420. The Labute approximate surface area is 176 Å². The van der Waals surface area contributed by atoms with Gasteiger partial charge in [-0.25, -0.2) is 12.4 Å². The largest absolute Gasteiger partial charge is 0.302 e. The van der Waals surface area contributed by atoms with E-state index in [9.17, 15) is 13.2 Å². The lowest BCUT2D eigenvalue weighted by molar-refractivity contribution is -0.112. The number of nitrogens with zero attached hydrogens (tertiary/aromatic N) is 1. The van der Waals surface area contributed by atoms with Crippen LogP contribution in [0.15, 0.2) is 90.0 Å². The van der Waals surface area contributed by atoms with Crippen molar-refractivity contribution in [2.24, 2.45) is 0 Å². The van der Waals surface area contributed by atoms with Crippen LogP contribution in [0, 0.1) is 6.92 Å². The molecule has 4 nitrogen and oxygen atoms in total. The molecular formula is C25H23NO3S. The molecule has 30 heavy (non-hydrogen) atoms. The van der Waals surface area contributed by atoms with Gasteiger partial charge in [-0.3, -0.25) is 0 Å². The molecule has 0 bridgehead atoms. The minimum absolute atomic E-state index is 0.238. The zero-order valence-electron chi connectivity index (χ0n) is 16.9. The molecule has 0 N–H and O–H groups in total. The van der Waals surface area contributed by atoms with Crippen LogP contribution in [0.5, 0.6) is 0 Å². The summed E-state index contributed by atoms with van der Waals surface area (Å²) in [5, 5.41) is 0.831. The van der Waals surface area contributed by atoms with Gasteiger partial charge in [0.15, 0.2) is 0 Å². The summed E-state index contributed by atoms with van der Waals surface area (Å²) >= 11 is 0. The standard InChI is InChI=1S/C25H23NO3S/c1-19-12-14-22(15-13-19)30(28,29)26-17-20(23-10-6-7-11-24(23)26)16-25(2,18-27)21-8-4-3-5-9-21/h3-15,17-18H,16H2,1-2H3. The number of aryl methyl sites for hydroxylation is 1. The number of rotatable bonds is 6. The van der Waals surface area contributed by atoms with E-state index in [0.29, 0.717) is 11.9 Å². The monoisotopic (exact) mass is 417 g/mol. The maximum Gasteiger partial charge on any atom is 0.268 e. The van der Waals surface area contributed by atoms with Gasteiger partial charge in [-0.2, -0.15) is 0 Å². The number of para-hydroxylation sites is 1. The number of hydrogen-bond acceptors (Lipinski definition) is 3. The van der Waals surface area contributed by atoms with Gasteiger partial charge in [0.25, 0.3) is 10.0 Å². The van der Waals surface area contributed by atoms with E-state index in [4.69, 9.17) is 0 Å². The average Bonchev–Trinajstić information content (AvgIpc) is 3.14. The highest BCUT2D eigenvalue weighted by molar-refractivity contribution is 7.90. The first kappa shape index (κ1) is 20.1. The normalized spacial score (nSPS) is 13.8. The molecule has 0 aliphatic heterocycles. The lowest BCUT2D eigenvalue weighted by Gasteiger charge is -2.23. The Balaban J connectivity index is 1.86. The van der Waals surface area contributed by atoms with Crippen LogP contribution in [0.2, 0.25) is 0 Å². The molecule has 1 atom stereocenters. The summed E-state index contributed by atoms with van der Waals surface area (Å²) in [6.07, 6.45) is 3.00. The topological polar surface area (TPSA) is 56.1 Å². The summed E-state index contributed by atoms with van der Waals surface area (Å²) in [5.74, 6) is 0. The van der Waals surface area contributed by atoms with Crippen molar-refractivity contribution in [2.75, 3.05) is 0 Å². The van der Waals surface area contributed by atoms with Crippen molar-refractivity contribution in [2.45, 2.75) is 30.6 Å². The number of carbonyl (C=O) groups is 1. The summed E-state index contributed by atoms with van der Waals surface area (Å²) in [4.78, 5) is 12.3. The molecule has 0 fully saturated rings. The molecule has 5 heteroatoms. The van der Waals surface area contributed by atoms with Gasteiger partial charge < -0.3 is 4.79 Å². The highest BCUT2D eigenvalue weighted by Gasteiger charge is 2.29. The molecule has 3 aromatic carbocycles. The molecule has 0 aliphatic rings. The summed E-state index contributed by atoms with van der Waals surface area (Å²) in [7, 11) is -3.76. The number of benzene rings is 3. The molecule has 4 aromatic rings. The van der Waals surface area contributed by atoms with Crippen LogP contribution < -0.4 is 0 Å². The highest BCUT2D eigenvalue weighted by atomic mass is 32.2. The summed E-state index contributed by atoms with van der Waals surface area (Å²) in [5.41, 5.74) is 2.56. The third kappa shape index (κ3) is 3.46. The number of fused-ring (bicyclic) bond motifs is 1. The van der Waals surface area contributed by atoms with E-state index in [1.807, 2.05) is 62.4 Å². The van der Waals surface area contributed by atoms with E-state index in [2.05, 4.69) is 0 Å². The van der Waals surface area contributed by atoms with Gasteiger partial charge in [-0.05, 0) is 49.6 Å². The molecule has 0 spiro atoms. The zero-order valence-corrected chi connectivity index (χ0v) is 17.8. The fourth-order valence-electron chi connectivity index (χ4n) is 3.81. The SMILES string of the molecule is Cc1ccc(S(=O)(=O)n2cc(CC(C)(C=O)c3ccccc3)c3ccccc32)cc1. The Kier molecular flexibility index (Phi) is 5.08. The van der Waals surface area contributed by atoms with Crippen molar-refractivity contribution in [3.8, 4) is 0 Å². The Morgan fingerprint density at radius 2 is 1.53 bits per heavy atom. The van der Waals surface area contributed by atoms with Crippen molar-refractivity contribution >= 4 is 27.2 Å². The third-order valence-electron chi connectivity index (χ3n) is 5.59. The predicted octanol–water partition coefficient (Wildman–Crippen LogP) is 4.89. The van der Waals surface area contributed by atoms with Crippen LogP contribution in [0.1, 0.15) is 23.6 Å². The highest BCUT2D eigenvalue weighted by Crippen LogP contribution is 2.32. The minimum Gasteiger partial charge on any atom is -0.302 e. The average molecular weight is 418 g/mol. The van der Waals surface area contributed by atoms with Crippen molar-refractivity contribution in [1.29, 1.82) is 0 Å². The molecular weight excluding hydrogens is 394 g/mol. The molecule has 1 heterocycles. The summed E-state index contributed by atoms with van der Waals surface area (Å²) < 4.78 is 28.1. The van der Waals surface area contributed by atoms with Crippen LogP contribution in [0.3, 0.4) is 0 Å². The molecule has 152 valence electrons. The van der Waals surface area contributed by atoms with E-state index in [0.717, 1.165) is 28.4 Å². The summed E-state index contributed by atoms with van der Waals surface area (Å²) in [6, 6.07) is 23.8. The fraction of sp³-hybridized carbons (Fsp3) is 0.160. The van der Waals surface area contributed by atoms with Gasteiger partial charge >= 0.3 is 0 Å². The van der Waals surface area contributed by atoms with Gasteiger partial charge in [0.05, 0.1) is 15.8 Å². The lowest BCUT2D eigenvalue weighted by Crippen LogP contribution is -2.26. The smallest absolute Gasteiger partial charge is 0.268 e. The minimum atomic E-state index is -3.76. The first-order valence-electron chi connectivity index (χ1n) is 9.78. The van der Waals surface area contributed by atoms with Crippen LogP contribution in [0.25, 0.3) is 10.9 Å². The molecule has 0 aliphatic carbocycles. The van der Waals surface area contributed by atoms with Gasteiger partial charge in [0.1, 0.15) is 6.29 Å². The maximum atomic E-state index is 13.4. The molecule has 0 radical (unpaired) electrons. The van der Waals surface area contributed by atoms with Crippen molar-refractivity contribution in [1.82, 2.24) is 3.97 Å². The van der Waals surface area contributed by atoms with Crippen molar-refractivity contribution < 1.29 is 13.2 Å². The predicted molar refractivity (Wildman–Crippen MR) is 119 cm³/mol. The maximum absolute atomic E-state index is 13.4. The molecule has 1 unspecified atom stereocenters. The van der Waals surface area contributed by atoms with Gasteiger partial charge in [0.2, 0.25) is 0 Å². The number of hydrogen-bond donors (Lipinski definition) is 0. The fourth-order valence-corrected chi connectivity index (χ4v) is 5.20. The second kappa shape index (κ2) is 7.58. The Morgan fingerprint density at radius 3 is 2.20 bits per heavy atom. The first-order valence-corrected chi connectivity index (χ1v) is 11.2. The first-order chi connectivity index (χ1) is 14.3. The van der Waals surface area contributed by atoms with E-state index in [-0.39, 0.29) is 4.90 Å². The summed E-state index contributed by atoms with van der Waals surface area (Å²) in [6.45, 7) is 3.80. The number of aldehydes is 1. The van der Waals surface area contributed by atoms with Crippen LogP contribution in [-0.4, -0.2) is 18.7 Å². The molecule has 0 saturated heterocycles. The van der Waals surface area contributed by atoms with E-state index >= 15 is 0 Å². The Hall–Kier alpha value is -3.18. The third-order valence-corrected chi connectivity index (χ3v) is 7.28. The van der Waals surface area contributed by atoms with Crippen LogP contribution >= 0.6 is 0 Å². The van der Waals surface area contributed by atoms with E-state index < -0.39 is 15.4 Å². The Morgan fingerprint density at radius 1 is 0.900 bits per heavy atom. The van der Waals surface area contributed by atoms with Gasteiger partial charge in [-0.15, -0.1) is 0 Å². The van der Waals surface area contributed by atoms with Crippen molar-refractivity contribution in [3.63, 3.8) is 0 Å². The van der Waals surface area contributed by atoms with Gasteiger partial charge in [0, 0.05) is 11.6 Å². The second-order valence-electron chi connectivity index (χ2n) is 7.86. The number of aromatic nitrogens is 1. The van der Waals surface area contributed by atoms with E-state index in [1.165, 1.54) is 3.97 Å². The molecule has 0 saturated carbocycles. The molecule has 4 rings (SSSR count). The number of carbonyl (C=O) groups excluding carboxylic acids is 1. The van der Waals surface area contributed by atoms with Crippen LogP contribution in [0.4, 0.5) is 0 Å². The Bertz CT molecular complexity index is 1310.